The van der Waals surface area contributed by atoms with E-state index in [1.807, 2.05) is 53.2 Å². The number of hydrogen-bond acceptors (Lipinski definition) is 5. The molecule has 0 spiro atoms. The van der Waals surface area contributed by atoms with Gasteiger partial charge < -0.3 is 4.84 Å². The molecule has 2 aromatic heterocycles. The molecule has 0 unspecified atom stereocenters. The molecule has 0 bridgehead atoms. The number of nitrogens with zero attached hydrogens (tertiary/aromatic N) is 3. The SMILES string of the molecule is O=[N+]([O-])OCc1ccc(-c2nn(Cc3ccccc3)c3ccccc23)s1. The van der Waals surface area contributed by atoms with Gasteiger partial charge in [0.1, 0.15) is 12.3 Å². The normalized spacial score (nSPS) is 10.9. The van der Waals surface area contributed by atoms with Crippen LogP contribution in [0, 0.1) is 10.1 Å². The number of para-hydroxylation sites is 1. The summed E-state index contributed by atoms with van der Waals surface area (Å²) in [5, 5.41) is 15.5. The van der Waals surface area contributed by atoms with Gasteiger partial charge in [0, 0.05) is 10.3 Å². The molecular weight excluding hydrogens is 350 g/mol. The minimum atomic E-state index is -0.774. The van der Waals surface area contributed by atoms with Crippen LogP contribution < -0.4 is 0 Å². The first-order valence-corrected chi connectivity index (χ1v) is 8.88. The van der Waals surface area contributed by atoms with Gasteiger partial charge in [0.05, 0.1) is 16.9 Å². The highest BCUT2D eigenvalue weighted by Gasteiger charge is 2.14. The fraction of sp³-hybridized carbons (Fsp3) is 0.105. The van der Waals surface area contributed by atoms with Crippen LogP contribution in [-0.2, 0) is 18.0 Å². The molecule has 0 amide bonds. The molecule has 0 saturated carbocycles. The second-order valence-electron chi connectivity index (χ2n) is 5.77. The van der Waals surface area contributed by atoms with Gasteiger partial charge >= 0.3 is 0 Å². The van der Waals surface area contributed by atoms with Gasteiger partial charge in [-0.2, -0.15) is 5.10 Å². The Kier molecular flexibility index (Phi) is 4.37. The quantitative estimate of drug-likeness (QED) is 0.372. The molecule has 130 valence electrons. The summed E-state index contributed by atoms with van der Waals surface area (Å²) in [6.07, 6.45) is 0. The summed E-state index contributed by atoms with van der Waals surface area (Å²) in [4.78, 5) is 16.6. The van der Waals surface area contributed by atoms with Crippen LogP contribution in [0.2, 0.25) is 0 Å². The standard InChI is InChI=1S/C19H15N3O3S/c23-22(24)25-13-15-10-11-18(26-15)19-16-8-4-5-9-17(16)21(20-19)12-14-6-2-1-3-7-14/h1-11H,12-13H2. The Bertz CT molecular complexity index is 1060. The number of thiophene rings is 1. The monoisotopic (exact) mass is 365 g/mol. The Hall–Kier alpha value is -3.19. The predicted molar refractivity (Wildman–Crippen MR) is 100 cm³/mol. The van der Waals surface area contributed by atoms with E-state index in [9.17, 15) is 10.1 Å². The van der Waals surface area contributed by atoms with E-state index in [1.54, 1.807) is 0 Å². The van der Waals surface area contributed by atoms with Crippen LogP contribution in [0.1, 0.15) is 10.4 Å². The molecule has 0 radical (unpaired) electrons. The highest BCUT2D eigenvalue weighted by molar-refractivity contribution is 7.15. The summed E-state index contributed by atoms with van der Waals surface area (Å²) in [5.41, 5.74) is 3.12. The lowest BCUT2D eigenvalue weighted by molar-refractivity contribution is -0.762. The van der Waals surface area contributed by atoms with Crippen molar-refractivity contribution in [3.8, 4) is 10.6 Å². The van der Waals surface area contributed by atoms with E-state index in [-0.39, 0.29) is 6.61 Å². The van der Waals surface area contributed by atoms with Crippen molar-refractivity contribution in [3.05, 3.63) is 87.3 Å². The van der Waals surface area contributed by atoms with Gasteiger partial charge in [-0.05, 0) is 23.8 Å². The topological polar surface area (TPSA) is 70.2 Å². The van der Waals surface area contributed by atoms with E-state index in [2.05, 4.69) is 23.0 Å². The lowest BCUT2D eigenvalue weighted by Gasteiger charge is -2.03. The summed E-state index contributed by atoms with van der Waals surface area (Å²) in [5.74, 6) is 0. The Morgan fingerprint density at radius 1 is 1.04 bits per heavy atom. The van der Waals surface area contributed by atoms with Gasteiger partial charge in [0.15, 0.2) is 0 Å². The van der Waals surface area contributed by atoms with Crippen molar-refractivity contribution in [1.29, 1.82) is 0 Å². The fourth-order valence-electron chi connectivity index (χ4n) is 2.89. The van der Waals surface area contributed by atoms with Crippen molar-refractivity contribution in [2.24, 2.45) is 0 Å². The van der Waals surface area contributed by atoms with Gasteiger partial charge in [-0.25, -0.2) is 0 Å². The van der Waals surface area contributed by atoms with Crippen molar-refractivity contribution in [2.45, 2.75) is 13.2 Å². The van der Waals surface area contributed by atoms with E-state index in [0.29, 0.717) is 6.54 Å². The number of fused-ring (bicyclic) bond motifs is 1. The number of aromatic nitrogens is 2. The number of benzene rings is 2. The minimum absolute atomic E-state index is 0.0413. The first-order valence-electron chi connectivity index (χ1n) is 8.06. The highest BCUT2D eigenvalue weighted by Crippen LogP contribution is 2.33. The van der Waals surface area contributed by atoms with Gasteiger partial charge in [-0.3, -0.25) is 4.68 Å². The third-order valence-corrected chi connectivity index (χ3v) is 5.11. The van der Waals surface area contributed by atoms with Crippen molar-refractivity contribution >= 4 is 22.2 Å². The molecule has 0 N–H and O–H groups in total. The summed E-state index contributed by atoms with van der Waals surface area (Å²) in [7, 11) is 0. The van der Waals surface area contributed by atoms with Gasteiger partial charge in [0.2, 0.25) is 0 Å². The van der Waals surface area contributed by atoms with Crippen LogP contribution in [0.25, 0.3) is 21.5 Å². The molecule has 4 aromatic rings. The summed E-state index contributed by atoms with van der Waals surface area (Å²) in [6.45, 7) is 0.643. The third kappa shape index (κ3) is 3.29. The first kappa shape index (κ1) is 16.3. The maximum absolute atomic E-state index is 10.4. The molecule has 4 rings (SSSR count). The number of rotatable bonds is 6. The molecule has 0 fully saturated rings. The van der Waals surface area contributed by atoms with Gasteiger partial charge in [0.25, 0.3) is 5.09 Å². The molecule has 2 heterocycles. The van der Waals surface area contributed by atoms with Crippen molar-refractivity contribution in [2.75, 3.05) is 0 Å². The van der Waals surface area contributed by atoms with Crippen LogP contribution in [0.15, 0.2) is 66.7 Å². The Labute approximate surface area is 153 Å². The van der Waals surface area contributed by atoms with Crippen molar-refractivity contribution in [1.82, 2.24) is 9.78 Å². The van der Waals surface area contributed by atoms with Crippen molar-refractivity contribution in [3.63, 3.8) is 0 Å². The maximum Gasteiger partial charge on any atom is 0.294 e. The Morgan fingerprint density at radius 3 is 2.62 bits per heavy atom. The van der Waals surface area contributed by atoms with E-state index in [1.165, 1.54) is 16.9 Å². The summed E-state index contributed by atoms with van der Waals surface area (Å²) >= 11 is 1.46. The van der Waals surface area contributed by atoms with Crippen LogP contribution in [0.4, 0.5) is 0 Å². The van der Waals surface area contributed by atoms with E-state index in [4.69, 9.17) is 5.10 Å². The Balaban J connectivity index is 1.71. The van der Waals surface area contributed by atoms with E-state index in [0.717, 1.165) is 26.4 Å². The van der Waals surface area contributed by atoms with Crippen LogP contribution in [-0.4, -0.2) is 14.9 Å². The predicted octanol–water partition coefficient (Wildman–Crippen LogP) is 4.52. The molecule has 0 aliphatic carbocycles. The third-order valence-electron chi connectivity index (χ3n) is 4.04. The lowest BCUT2D eigenvalue weighted by Crippen LogP contribution is -2.01. The average molecular weight is 365 g/mol. The molecule has 6 nitrogen and oxygen atoms in total. The zero-order chi connectivity index (χ0) is 17.9. The smallest absolute Gasteiger partial charge is 0.294 e. The van der Waals surface area contributed by atoms with Crippen LogP contribution in [0.3, 0.4) is 0 Å². The highest BCUT2D eigenvalue weighted by atomic mass is 32.1. The molecule has 0 aliphatic rings. The van der Waals surface area contributed by atoms with Gasteiger partial charge in [-0.1, -0.05) is 48.5 Å². The second kappa shape index (κ2) is 6.97. The molecule has 26 heavy (non-hydrogen) atoms. The Morgan fingerprint density at radius 2 is 1.81 bits per heavy atom. The lowest BCUT2D eigenvalue weighted by atomic mass is 10.2. The summed E-state index contributed by atoms with van der Waals surface area (Å²) in [6, 6.07) is 22.1. The fourth-order valence-corrected chi connectivity index (χ4v) is 3.80. The zero-order valence-corrected chi connectivity index (χ0v) is 14.6. The van der Waals surface area contributed by atoms with Crippen LogP contribution >= 0.6 is 11.3 Å². The first-order chi connectivity index (χ1) is 12.7. The molecule has 0 atom stereocenters. The molecule has 7 heteroatoms. The average Bonchev–Trinajstić information content (AvgIpc) is 3.26. The molecular formula is C19H15N3O3S. The van der Waals surface area contributed by atoms with Gasteiger partial charge in [-0.15, -0.1) is 21.5 Å². The molecule has 2 aromatic carbocycles. The van der Waals surface area contributed by atoms with E-state index >= 15 is 0 Å². The van der Waals surface area contributed by atoms with E-state index < -0.39 is 5.09 Å². The van der Waals surface area contributed by atoms with Crippen molar-refractivity contribution < 1.29 is 9.92 Å². The largest absolute Gasteiger partial charge is 0.308 e. The molecule has 0 saturated heterocycles. The maximum atomic E-state index is 10.4. The van der Waals surface area contributed by atoms with Crippen LogP contribution in [0.5, 0.6) is 0 Å². The summed E-state index contributed by atoms with van der Waals surface area (Å²) < 4.78 is 1.99. The zero-order valence-electron chi connectivity index (χ0n) is 13.7. The minimum Gasteiger partial charge on any atom is -0.308 e. The second-order valence-corrected chi connectivity index (χ2v) is 6.94. The number of hydrogen-bond donors (Lipinski definition) is 0. The molecule has 0 aliphatic heterocycles.